The van der Waals surface area contributed by atoms with Crippen molar-refractivity contribution in [3.05, 3.63) is 63.8 Å². The number of hydrogen-bond acceptors (Lipinski definition) is 6. The molecule has 0 aliphatic carbocycles. The summed E-state index contributed by atoms with van der Waals surface area (Å²) in [6.07, 6.45) is 0. The Bertz CT molecular complexity index is 1230. The smallest absolute Gasteiger partial charge is 0.348 e. The number of thiophene rings is 1. The van der Waals surface area contributed by atoms with Gasteiger partial charge in [-0.3, -0.25) is 4.79 Å². The van der Waals surface area contributed by atoms with Crippen LogP contribution in [0.4, 0.5) is 0 Å². The Kier molecular flexibility index (Phi) is 6.29. The Hall–Kier alpha value is -2.46. The van der Waals surface area contributed by atoms with Crippen molar-refractivity contribution in [1.82, 2.24) is 9.21 Å². The highest BCUT2D eigenvalue weighted by molar-refractivity contribution is 7.89. The fourth-order valence-electron chi connectivity index (χ4n) is 3.37. The van der Waals surface area contributed by atoms with Crippen molar-refractivity contribution >= 4 is 55.6 Å². The third-order valence-electron chi connectivity index (χ3n) is 5.05. The second kappa shape index (κ2) is 8.96. The predicted molar refractivity (Wildman–Crippen MR) is 119 cm³/mol. The number of benzene rings is 2. The zero-order chi connectivity index (χ0) is 22.0. The Morgan fingerprint density at radius 2 is 1.68 bits per heavy atom. The lowest BCUT2D eigenvalue weighted by atomic mass is 10.1. The second-order valence-corrected chi connectivity index (χ2v) is 10.6. The largest absolute Gasteiger partial charge is 0.451 e. The van der Waals surface area contributed by atoms with Crippen molar-refractivity contribution in [3.63, 3.8) is 0 Å². The van der Waals surface area contributed by atoms with E-state index >= 15 is 0 Å². The zero-order valence-electron chi connectivity index (χ0n) is 16.4. The fraction of sp³-hybridized carbons (Fsp3) is 0.238. The molecule has 2 heterocycles. The molecule has 3 aromatic rings. The third kappa shape index (κ3) is 4.74. The van der Waals surface area contributed by atoms with Crippen LogP contribution in [0.2, 0.25) is 4.34 Å². The minimum atomic E-state index is -3.66. The van der Waals surface area contributed by atoms with Gasteiger partial charge in [0.15, 0.2) is 6.61 Å². The van der Waals surface area contributed by atoms with Crippen LogP contribution in [-0.4, -0.2) is 62.3 Å². The highest BCUT2D eigenvalue weighted by atomic mass is 35.5. The van der Waals surface area contributed by atoms with E-state index in [0.717, 1.165) is 22.1 Å². The monoisotopic (exact) mass is 478 g/mol. The Morgan fingerprint density at radius 1 is 0.968 bits per heavy atom. The molecule has 1 aliphatic heterocycles. The number of sulfonamides is 1. The van der Waals surface area contributed by atoms with Gasteiger partial charge in [0.05, 0.1) is 9.23 Å². The summed E-state index contributed by atoms with van der Waals surface area (Å²) in [4.78, 5) is 26.4. The molecule has 1 aliphatic rings. The van der Waals surface area contributed by atoms with E-state index in [-0.39, 0.29) is 37.0 Å². The number of piperazine rings is 1. The van der Waals surface area contributed by atoms with E-state index in [0.29, 0.717) is 9.21 Å². The van der Waals surface area contributed by atoms with Crippen molar-refractivity contribution in [2.45, 2.75) is 4.90 Å². The second-order valence-electron chi connectivity index (χ2n) is 6.97. The van der Waals surface area contributed by atoms with Crippen molar-refractivity contribution < 1.29 is 22.7 Å². The third-order valence-corrected chi connectivity index (χ3v) is 8.16. The summed E-state index contributed by atoms with van der Waals surface area (Å²) in [5.41, 5.74) is 0. The van der Waals surface area contributed by atoms with Gasteiger partial charge in [0.2, 0.25) is 10.0 Å². The number of halogens is 1. The lowest BCUT2D eigenvalue weighted by Gasteiger charge is -2.33. The van der Waals surface area contributed by atoms with Crippen molar-refractivity contribution in [1.29, 1.82) is 0 Å². The molecule has 0 saturated carbocycles. The summed E-state index contributed by atoms with van der Waals surface area (Å²) in [7, 11) is -3.66. The van der Waals surface area contributed by atoms with Gasteiger partial charge in [-0.05, 0) is 35.0 Å². The highest BCUT2D eigenvalue weighted by Gasteiger charge is 2.30. The van der Waals surface area contributed by atoms with Gasteiger partial charge in [0, 0.05) is 26.2 Å². The zero-order valence-corrected chi connectivity index (χ0v) is 18.8. The average molecular weight is 479 g/mol. The Morgan fingerprint density at radius 3 is 2.35 bits per heavy atom. The average Bonchev–Trinajstić information content (AvgIpc) is 3.23. The maximum atomic E-state index is 13.0. The maximum Gasteiger partial charge on any atom is 0.348 e. The number of rotatable bonds is 5. The van der Waals surface area contributed by atoms with E-state index in [1.54, 1.807) is 24.3 Å². The van der Waals surface area contributed by atoms with Gasteiger partial charge in [0.25, 0.3) is 5.91 Å². The van der Waals surface area contributed by atoms with E-state index in [4.69, 9.17) is 16.3 Å². The molecule has 0 unspecified atom stereocenters. The SMILES string of the molecule is O=C(OCC(=O)N1CCN(S(=O)(=O)c2ccc3ccccc3c2)CC1)c1ccc(Cl)s1. The van der Waals surface area contributed by atoms with Gasteiger partial charge < -0.3 is 9.64 Å². The number of hydrogen-bond donors (Lipinski definition) is 0. The van der Waals surface area contributed by atoms with Crippen LogP contribution in [0.15, 0.2) is 59.5 Å². The van der Waals surface area contributed by atoms with E-state index in [2.05, 4.69) is 0 Å². The summed E-state index contributed by atoms with van der Waals surface area (Å²) in [5.74, 6) is -0.971. The van der Waals surface area contributed by atoms with Crippen LogP contribution in [0.25, 0.3) is 10.8 Å². The number of nitrogens with zero attached hydrogens (tertiary/aromatic N) is 2. The van der Waals surface area contributed by atoms with E-state index in [1.807, 2.05) is 24.3 Å². The lowest BCUT2D eigenvalue weighted by Crippen LogP contribution is -2.51. The maximum absolute atomic E-state index is 13.0. The molecule has 0 spiro atoms. The van der Waals surface area contributed by atoms with Crippen LogP contribution in [-0.2, 0) is 19.6 Å². The Balaban J connectivity index is 1.34. The molecule has 1 saturated heterocycles. The fourth-order valence-corrected chi connectivity index (χ4v) is 5.76. The first-order valence-corrected chi connectivity index (χ1v) is 12.2. The van der Waals surface area contributed by atoms with Crippen LogP contribution >= 0.6 is 22.9 Å². The van der Waals surface area contributed by atoms with Crippen LogP contribution in [0.5, 0.6) is 0 Å². The first kappa shape index (κ1) is 21.8. The van der Waals surface area contributed by atoms with Gasteiger partial charge in [0.1, 0.15) is 4.88 Å². The van der Waals surface area contributed by atoms with Gasteiger partial charge in [-0.2, -0.15) is 4.31 Å². The molecule has 1 aromatic heterocycles. The van der Waals surface area contributed by atoms with E-state index < -0.39 is 22.6 Å². The predicted octanol–water partition coefficient (Wildman–Crippen LogP) is 3.24. The molecule has 2 aromatic carbocycles. The molecular formula is C21H19ClN2O5S2. The summed E-state index contributed by atoms with van der Waals surface area (Å²) in [6, 6.07) is 15.7. The van der Waals surface area contributed by atoms with Crippen LogP contribution in [0, 0.1) is 0 Å². The number of carbonyl (C=O) groups excluding carboxylic acids is 2. The molecule has 4 rings (SSSR count). The van der Waals surface area contributed by atoms with Gasteiger partial charge >= 0.3 is 5.97 Å². The first-order chi connectivity index (χ1) is 14.8. The molecule has 10 heteroatoms. The molecular weight excluding hydrogens is 460 g/mol. The molecule has 7 nitrogen and oxygen atoms in total. The quantitative estimate of drug-likeness (QED) is 0.525. The topological polar surface area (TPSA) is 84.0 Å². The number of carbonyl (C=O) groups is 2. The number of fused-ring (bicyclic) bond motifs is 1. The molecule has 0 N–H and O–H groups in total. The summed E-state index contributed by atoms with van der Waals surface area (Å²) in [5, 5.41) is 1.82. The minimum Gasteiger partial charge on any atom is -0.451 e. The molecule has 162 valence electrons. The normalized spacial score (nSPS) is 15.2. The molecule has 0 radical (unpaired) electrons. The minimum absolute atomic E-state index is 0.176. The lowest BCUT2D eigenvalue weighted by molar-refractivity contribution is -0.135. The van der Waals surface area contributed by atoms with Crippen LogP contribution in [0.3, 0.4) is 0 Å². The van der Waals surface area contributed by atoms with Crippen LogP contribution in [0.1, 0.15) is 9.67 Å². The summed E-state index contributed by atoms with van der Waals surface area (Å²) >= 11 is 6.87. The number of amides is 1. The molecule has 1 amide bonds. The van der Waals surface area contributed by atoms with Gasteiger partial charge in [-0.25, -0.2) is 13.2 Å². The van der Waals surface area contributed by atoms with Gasteiger partial charge in [-0.1, -0.05) is 41.9 Å². The van der Waals surface area contributed by atoms with Crippen LogP contribution < -0.4 is 0 Å². The summed E-state index contributed by atoms with van der Waals surface area (Å²) in [6.45, 7) is 0.415. The first-order valence-electron chi connectivity index (χ1n) is 9.54. The molecule has 0 atom stereocenters. The van der Waals surface area contributed by atoms with E-state index in [1.165, 1.54) is 15.3 Å². The number of ether oxygens (including phenoxy) is 1. The molecule has 0 bridgehead atoms. The molecule has 1 fully saturated rings. The number of esters is 1. The van der Waals surface area contributed by atoms with Gasteiger partial charge in [-0.15, -0.1) is 11.3 Å². The standard InChI is InChI=1S/C21H19ClN2O5S2/c22-19-8-7-18(30-19)21(26)29-14-20(25)23-9-11-24(12-10-23)31(27,28)17-6-5-15-3-1-2-4-16(15)13-17/h1-8,13H,9-12,14H2. The van der Waals surface area contributed by atoms with E-state index in [9.17, 15) is 18.0 Å². The van der Waals surface area contributed by atoms with Crippen molar-refractivity contribution in [3.8, 4) is 0 Å². The highest BCUT2D eigenvalue weighted by Crippen LogP contribution is 2.24. The Labute approximate surface area is 188 Å². The molecule has 31 heavy (non-hydrogen) atoms. The summed E-state index contributed by atoms with van der Waals surface area (Å²) < 4.78 is 32.9. The van der Waals surface area contributed by atoms with Crippen molar-refractivity contribution in [2.24, 2.45) is 0 Å². The van der Waals surface area contributed by atoms with Crippen molar-refractivity contribution in [2.75, 3.05) is 32.8 Å².